The zero-order valence-electron chi connectivity index (χ0n) is 18.3. The number of rotatable bonds is 7. The lowest BCUT2D eigenvalue weighted by Gasteiger charge is -2.28. The van der Waals surface area contributed by atoms with Crippen molar-refractivity contribution in [3.8, 4) is 17.6 Å². The van der Waals surface area contributed by atoms with Crippen molar-refractivity contribution in [2.75, 3.05) is 13.7 Å². The predicted octanol–water partition coefficient (Wildman–Crippen LogP) is 5.23. The van der Waals surface area contributed by atoms with Crippen LogP contribution in [0, 0.1) is 11.3 Å². The Morgan fingerprint density at radius 1 is 1.24 bits per heavy atom. The Morgan fingerprint density at radius 3 is 2.64 bits per heavy atom. The largest absolute Gasteiger partial charge is 0.490 e. The molecule has 0 saturated carbocycles. The average Bonchev–Trinajstić information content (AvgIpc) is 2.78. The maximum Gasteiger partial charge on any atom is 0.338 e. The number of halogens is 2. The topological polar surface area (TPSA) is 104 Å². The lowest BCUT2D eigenvalue weighted by molar-refractivity contribution is -0.136. The van der Waals surface area contributed by atoms with Crippen molar-refractivity contribution in [2.45, 2.75) is 26.4 Å². The minimum Gasteiger partial charge on any atom is -0.490 e. The molecule has 1 atom stereocenters. The highest BCUT2D eigenvalue weighted by Crippen LogP contribution is 2.46. The van der Waals surface area contributed by atoms with Gasteiger partial charge in [-0.3, -0.25) is 0 Å². The SMILES string of the molecule is CCOc1cccc([C@@H]2C(C#N)=C(N)OC(C)=C2C(=O)OC)c1OCc1ccc(Cl)cc1Cl. The van der Waals surface area contributed by atoms with E-state index in [2.05, 4.69) is 6.07 Å². The molecule has 33 heavy (non-hydrogen) atoms. The molecule has 0 unspecified atom stereocenters. The highest BCUT2D eigenvalue weighted by molar-refractivity contribution is 6.35. The van der Waals surface area contributed by atoms with Gasteiger partial charge in [0.05, 0.1) is 25.2 Å². The lowest BCUT2D eigenvalue weighted by atomic mass is 9.82. The van der Waals surface area contributed by atoms with Crippen molar-refractivity contribution in [1.82, 2.24) is 0 Å². The van der Waals surface area contributed by atoms with Crippen LogP contribution in [0.4, 0.5) is 0 Å². The van der Waals surface area contributed by atoms with Crippen molar-refractivity contribution in [3.05, 3.63) is 80.4 Å². The highest BCUT2D eigenvalue weighted by atomic mass is 35.5. The van der Waals surface area contributed by atoms with E-state index >= 15 is 0 Å². The molecule has 0 bridgehead atoms. The van der Waals surface area contributed by atoms with Gasteiger partial charge in [0.15, 0.2) is 11.5 Å². The van der Waals surface area contributed by atoms with Crippen LogP contribution in [0.1, 0.15) is 30.9 Å². The first-order valence-electron chi connectivity index (χ1n) is 10.0. The molecule has 1 heterocycles. The third-order valence-electron chi connectivity index (χ3n) is 5.02. The number of hydrogen-bond acceptors (Lipinski definition) is 7. The Bertz CT molecular complexity index is 1180. The van der Waals surface area contributed by atoms with E-state index in [1.54, 1.807) is 43.3 Å². The number of esters is 1. The van der Waals surface area contributed by atoms with Crippen LogP contribution in [0.15, 0.2) is 59.2 Å². The summed E-state index contributed by atoms with van der Waals surface area (Å²) in [6.07, 6.45) is 0. The van der Waals surface area contributed by atoms with Gasteiger partial charge in [0.1, 0.15) is 24.0 Å². The molecule has 0 fully saturated rings. The first-order chi connectivity index (χ1) is 15.8. The molecule has 0 radical (unpaired) electrons. The number of ether oxygens (including phenoxy) is 4. The van der Waals surface area contributed by atoms with E-state index in [-0.39, 0.29) is 29.4 Å². The van der Waals surface area contributed by atoms with Crippen molar-refractivity contribution < 1.29 is 23.7 Å². The van der Waals surface area contributed by atoms with Crippen LogP contribution in [-0.4, -0.2) is 19.7 Å². The Kier molecular flexibility index (Phi) is 7.75. The number of allylic oxidation sites excluding steroid dienone is 2. The molecular formula is C24H22Cl2N2O5. The Hall–Kier alpha value is -3.34. The molecule has 7 nitrogen and oxygen atoms in total. The fourth-order valence-corrected chi connectivity index (χ4v) is 4.00. The molecular weight excluding hydrogens is 467 g/mol. The number of benzene rings is 2. The van der Waals surface area contributed by atoms with Crippen LogP contribution < -0.4 is 15.2 Å². The smallest absolute Gasteiger partial charge is 0.338 e. The van der Waals surface area contributed by atoms with Gasteiger partial charge in [0, 0.05) is 21.2 Å². The van der Waals surface area contributed by atoms with Gasteiger partial charge in [-0.2, -0.15) is 5.26 Å². The second-order valence-electron chi connectivity index (χ2n) is 7.02. The summed E-state index contributed by atoms with van der Waals surface area (Å²) in [5.74, 6) is -0.618. The average molecular weight is 489 g/mol. The zero-order chi connectivity index (χ0) is 24.1. The van der Waals surface area contributed by atoms with Gasteiger partial charge < -0.3 is 24.7 Å². The summed E-state index contributed by atoms with van der Waals surface area (Å²) in [6.45, 7) is 3.88. The van der Waals surface area contributed by atoms with Crippen LogP contribution in [0.2, 0.25) is 10.0 Å². The third kappa shape index (κ3) is 5.03. The molecule has 0 amide bonds. The van der Waals surface area contributed by atoms with Crippen LogP contribution in [0.25, 0.3) is 0 Å². The van der Waals surface area contributed by atoms with E-state index in [0.29, 0.717) is 39.3 Å². The first-order valence-corrected chi connectivity index (χ1v) is 10.8. The van der Waals surface area contributed by atoms with Crippen LogP contribution in [0.3, 0.4) is 0 Å². The standard InChI is InChI=1S/C24H22Cl2N2O5/c1-4-31-19-7-5-6-16(22(19)32-12-14-8-9-15(25)10-18(14)26)21-17(11-27)23(28)33-13(2)20(21)24(29)30-3/h5-10,21H,4,12,28H2,1-3H3/t21-/m1/s1. The van der Waals surface area contributed by atoms with Gasteiger partial charge >= 0.3 is 5.97 Å². The summed E-state index contributed by atoms with van der Waals surface area (Å²) in [4.78, 5) is 12.7. The second-order valence-corrected chi connectivity index (χ2v) is 7.86. The summed E-state index contributed by atoms with van der Waals surface area (Å²) in [5, 5.41) is 10.8. The number of nitriles is 1. The Morgan fingerprint density at radius 2 is 2.00 bits per heavy atom. The lowest BCUT2D eigenvalue weighted by Crippen LogP contribution is -2.25. The number of nitrogens with zero attached hydrogens (tertiary/aromatic N) is 1. The molecule has 0 saturated heterocycles. The summed E-state index contributed by atoms with van der Waals surface area (Å²) in [7, 11) is 1.25. The van der Waals surface area contributed by atoms with Gasteiger partial charge in [0.2, 0.25) is 5.88 Å². The van der Waals surface area contributed by atoms with Gasteiger partial charge in [0.25, 0.3) is 0 Å². The quantitative estimate of drug-likeness (QED) is 0.532. The monoisotopic (exact) mass is 488 g/mol. The number of para-hydroxylation sites is 1. The van der Waals surface area contributed by atoms with E-state index in [0.717, 1.165) is 0 Å². The minimum absolute atomic E-state index is 0.0593. The molecule has 0 aromatic heterocycles. The molecule has 2 aromatic carbocycles. The third-order valence-corrected chi connectivity index (χ3v) is 5.61. The molecule has 0 aliphatic carbocycles. The van der Waals surface area contributed by atoms with E-state index in [1.165, 1.54) is 7.11 Å². The maximum absolute atomic E-state index is 12.7. The molecule has 172 valence electrons. The van der Waals surface area contributed by atoms with Crippen molar-refractivity contribution >= 4 is 29.2 Å². The second kappa shape index (κ2) is 10.5. The van der Waals surface area contributed by atoms with E-state index < -0.39 is 11.9 Å². The van der Waals surface area contributed by atoms with Crippen molar-refractivity contribution in [1.29, 1.82) is 5.26 Å². The first kappa shape index (κ1) is 24.3. The van der Waals surface area contributed by atoms with Gasteiger partial charge in [-0.1, -0.05) is 41.4 Å². The Balaban J connectivity index is 2.16. The summed E-state index contributed by atoms with van der Waals surface area (Å²) in [6, 6.07) is 12.3. The molecule has 1 aliphatic rings. The number of carbonyl (C=O) groups is 1. The van der Waals surface area contributed by atoms with Crippen molar-refractivity contribution in [3.63, 3.8) is 0 Å². The fraction of sp³-hybridized carbons (Fsp3) is 0.250. The minimum atomic E-state index is -0.882. The predicted molar refractivity (Wildman–Crippen MR) is 124 cm³/mol. The molecule has 2 N–H and O–H groups in total. The maximum atomic E-state index is 12.7. The fourth-order valence-electron chi connectivity index (χ4n) is 3.54. The molecule has 1 aliphatic heterocycles. The van der Waals surface area contributed by atoms with Crippen molar-refractivity contribution in [2.24, 2.45) is 5.73 Å². The highest BCUT2D eigenvalue weighted by Gasteiger charge is 2.38. The van der Waals surface area contributed by atoms with Crippen LogP contribution in [-0.2, 0) is 20.9 Å². The summed E-state index contributed by atoms with van der Waals surface area (Å²) >= 11 is 12.3. The molecule has 3 rings (SSSR count). The number of nitrogens with two attached hydrogens (primary N) is 1. The van der Waals surface area contributed by atoms with E-state index in [1.807, 2.05) is 6.92 Å². The summed E-state index contributed by atoms with van der Waals surface area (Å²) < 4.78 is 22.4. The molecule has 9 heteroatoms. The normalized spacial score (nSPS) is 15.6. The van der Waals surface area contributed by atoms with Crippen LogP contribution >= 0.6 is 23.2 Å². The molecule has 2 aromatic rings. The number of hydrogen-bond donors (Lipinski definition) is 1. The van der Waals surface area contributed by atoms with Gasteiger partial charge in [-0.05, 0) is 32.0 Å². The number of methoxy groups -OCH3 is 1. The van der Waals surface area contributed by atoms with Crippen LogP contribution in [0.5, 0.6) is 11.5 Å². The van der Waals surface area contributed by atoms with Gasteiger partial charge in [-0.15, -0.1) is 0 Å². The Labute approximate surface area is 201 Å². The summed E-state index contributed by atoms with van der Waals surface area (Å²) in [5.41, 5.74) is 7.40. The van der Waals surface area contributed by atoms with E-state index in [9.17, 15) is 10.1 Å². The zero-order valence-corrected chi connectivity index (χ0v) is 19.8. The van der Waals surface area contributed by atoms with E-state index in [4.69, 9.17) is 47.9 Å². The van der Waals surface area contributed by atoms with Gasteiger partial charge in [-0.25, -0.2) is 4.79 Å². The molecule has 0 spiro atoms. The number of carbonyl (C=O) groups excluding carboxylic acids is 1.